The fourth-order valence-electron chi connectivity index (χ4n) is 2.34. The van der Waals surface area contributed by atoms with Crippen molar-refractivity contribution in [1.82, 2.24) is 4.90 Å². The van der Waals surface area contributed by atoms with E-state index >= 15 is 0 Å². The number of rotatable bonds is 6. The molecular formula is C18H20ClNO4S. The van der Waals surface area contributed by atoms with Gasteiger partial charge in [-0.05, 0) is 49.7 Å². The van der Waals surface area contributed by atoms with Crippen molar-refractivity contribution in [1.29, 1.82) is 0 Å². The Hall–Kier alpha value is -2.05. The van der Waals surface area contributed by atoms with Crippen LogP contribution in [0.2, 0.25) is 5.02 Å². The average Bonchev–Trinajstić information content (AvgIpc) is 2.50. The van der Waals surface area contributed by atoms with E-state index in [9.17, 15) is 13.2 Å². The van der Waals surface area contributed by atoms with Crippen LogP contribution in [-0.4, -0.2) is 31.5 Å². The van der Waals surface area contributed by atoms with Gasteiger partial charge in [0.25, 0.3) is 5.91 Å². The topological polar surface area (TPSA) is 63.7 Å². The van der Waals surface area contributed by atoms with Gasteiger partial charge >= 0.3 is 10.1 Å². The normalized spacial score (nSPS) is 11.4. The molecule has 0 aliphatic carbocycles. The van der Waals surface area contributed by atoms with Crippen molar-refractivity contribution in [2.24, 2.45) is 0 Å². The van der Waals surface area contributed by atoms with Gasteiger partial charge in [0.15, 0.2) is 0 Å². The van der Waals surface area contributed by atoms with Crippen molar-refractivity contribution in [2.45, 2.75) is 26.4 Å². The molecule has 2 aromatic carbocycles. The first-order valence-corrected chi connectivity index (χ1v) is 9.90. The highest BCUT2D eigenvalue weighted by molar-refractivity contribution is 7.86. The van der Waals surface area contributed by atoms with Crippen LogP contribution in [0.1, 0.15) is 29.8 Å². The molecule has 1 amide bonds. The Morgan fingerprint density at radius 2 is 1.84 bits per heavy atom. The van der Waals surface area contributed by atoms with E-state index in [0.29, 0.717) is 17.1 Å². The number of hydrogen-bond acceptors (Lipinski definition) is 4. The van der Waals surface area contributed by atoms with Gasteiger partial charge in [0.05, 0.1) is 6.26 Å². The fourth-order valence-corrected chi connectivity index (χ4v) is 2.99. The van der Waals surface area contributed by atoms with Crippen LogP contribution in [-0.2, 0) is 16.7 Å². The lowest BCUT2D eigenvalue weighted by Crippen LogP contribution is -2.36. The molecular weight excluding hydrogens is 362 g/mol. The van der Waals surface area contributed by atoms with E-state index in [1.54, 1.807) is 47.4 Å². The highest BCUT2D eigenvalue weighted by Gasteiger charge is 2.19. The Bertz CT molecular complexity index is 865. The summed E-state index contributed by atoms with van der Waals surface area (Å²) < 4.78 is 27.4. The minimum atomic E-state index is -3.60. The smallest absolute Gasteiger partial charge is 0.306 e. The highest BCUT2D eigenvalue weighted by Crippen LogP contribution is 2.20. The molecule has 0 aliphatic heterocycles. The lowest BCUT2D eigenvalue weighted by Gasteiger charge is -2.27. The molecule has 0 aromatic heterocycles. The van der Waals surface area contributed by atoms with E-state index in [0.717, 1.165) is 11.8 Å². The highest BCUT2D eigenvalue weighted by atomic mass is 35.5. The number of amides is 1. The molecule has 0 bridgehead atoms. The molecule has 2 aromatic rings. The van der Waals surface area contributed by atoms with Gasteiger partial charge in [-0.2, -0.15) is 8.42 Å². The van der Waals surface area contributed by atoms with Gasteiger partial charge in [-0.15, -0.1) is 0 Å². The molecule has 2 rings (SSSR count). The number of hydrogen-bond donors (Lipinski definition) is 0. The zero-order valence-corrected chi connectivity index (χ0v) is 15.8. The first kappa shape index (κ1) is 19.3. The van der Waals surface area contributed by atoms with Crippen molar-refractivity contribution in [3.05, 3.63) is 64.7 Å². The van der Waals surface area contributed by atoms with Gasteiger partial charge < -0.3 is 9.08 Å². The van der Waals surface area contributed by atoms with Crippen molar-refractivity contribution < 1.29 is 17.4 Å². The summed E-state index contributed by atoms with van der Waals surface area (Å²) in [5, 5.41) is 0.498. The van der Waals surface area contributed by atoms with Gasteiger partial charge in [-0.3, -0.25) is 4.79 Å². The first-order valence-electron chi connectivity index (χ1n) is 7.70. The third kappa shape index (κ3) is 5.76. The second kappa shape index (κ2) is 7.89. The molecule has 0 saturated heterocycles. The van der Waals surface area contributed by atoms with Crippen molar-refractivity contribution >= 4 is 27.6 Å². The molecule has 0 fully saturated rings. The van der Waals surface area contributed by atoms with Gasteiger partial charge in [0, 0.05) is 23.2 Å². The SMILES string of the molecule is CC(C)N(Cc1cccc(OS(C)(=O)=O)c1)C(=O)c1cccc(Cl)c1. The number of nitrogens with zero attached hydrogens (tertiary/aromatic N) is 1. The van der Waals surface area contributed by atoms with Crippen molar-refractivity contribution in [3.8, 4) is 5.75 Å². The molecule has 25 heavy (non-hydrogen) atoms. The molecule has 0 radical (unpaired) electrons. The summed E-state index contributed by atoms with van der Waals surface area (Å²) in [6.07, 6.45) is 0.989. The number of benzene rings is 2. The summed E-state index contributed by atoms with van der Waals surface area (Å²) in [6, 6.07) is 13.4. The van der Waals surface area contributed by atoms with Crippen LogP contribution in [0.3, 0.4) is 0 Å². The molecule has 5 nitrogen and oxygen atoms in total. The molecule has 7 heteroatoms. The van der Waals surface area contributed by atoms with Crippen LogP contribution in [0.15, 0.2) is 48.5 Å². The largest absolute Gasteiger partial charge is 0.383 e. The lowest BCUT2D eigenvalue weighted by molar-refractivity contribution is 0.0690. The van der Waals surface area contributed by atoms with Crippen molar-refractivity contribution in [3.63, 3.8) is 0 Å². The summed E-state index contributed by atoms with van der Waals surface area (Å²) in [7, 11) is -3.60. The van der Waals surface area contributed by atoms with Crippen LogP contribution in [0, 0.1) is 0 Å². The van der Waals surface area contributed by atoms with Crippen LogP contribution in [0.4, 0.5) is 0 Å². The first-order chi connectivity index (χ1) is 11.7. The molecule has 134 valence electrons. The standard InChI is InChI=1S/C18H20ClNO4S/c1-13(2)20(18(21)15-7-5-8-16(19)11-15)12-14-6-4-9-17(10-14)24-25(3,22)23/h4-11,13H,12H2,1-3H3. The Morgan fingerprint density at radius 1 is 1.16 bits per heavy atom. The van der Waals surface area contributed by atoms with E-state index in [1.165, 1.54) is 0 Å². The number of carbonyl (C=O) groups is 1. The van der Waals surface area contributed by atoms with Gasteiger partial charge in [-0.25, -0.2) is 0 Å². The average molecular weight is 382 g/mol. The molecule has 0 atom stereocenters. The second-order valence-corrected chi connectivity index (χ2v) is 7.98. The van der Waals surface area contributed by atoms with Crippen LogP contribution in [0.25, 0.3) is 0 Å². The zero-order chi connectivity index (χ0) is 18.6. The van der Waals surface area contributed by atoms with Crippen LogP contribution in [0.5, 0.6) is 5.75 Å². The molecule has 0 heterocycles. The van der Waals surface area contributed by atoms with E-state index in [-0.39, 0.29) is 17.7 Å². The Morgan fingerprint density at radius 3 is 2.44 bits per heavy atom. The third-order valence-electron chi connectivity index (χ3n) is 3.45. The summed E-state index contributed by atoms with van der Waals surface area (Å²) in [6.45, 7) is 4.16. The third-order valence-corrected chi connectivity index (χ3v) is 4.19. The van der Waals surface area contributed by atoms with E-state index in [1.807, 2.05) is 19.9 Å². The Kier molecular flexibility index (Phi) is 6.08. The molecule has 0 aliphatic rings. The number of carbonyl (C=O) groups excluding carboxylic acids is 1. The monoisotopic (exact) mass is 381 g/mol. The van der Waals surface area contributed by atoms with Crippen molar-refractivity contribution in [2.75, 3.05) is 6.26 Å². The van der Waals surface area contributed by atoms with E-state index in [2.05, 4.69) is 0 Å². The van der Waals surface area contributed by atoms with Gasteiger partial charge in [0.2, 0.25) is 0 Å². The van der Waals surface area contributed by atoms with E-state index in [4.69, 9.17) is 15.8 Å². The summed E-state index contributed by atoms with van der Waals surface area (Å²) in [5.41, 5.74) is 1.27. The minimum absolute atomic E-state index is 0.0500. The molecule has 0 unspecified atom stereocenters. The Balaban J connectivity index is 2.25. The molecule has 0 saturated carbocycles. The maximum Gasteiger partial charge on any atom is 0.306 e. The summed E-state index contributed by atoms with van der Waals surface area (Å²) in [4.78, 5) is 14.5. The Labute approximate surface area is 153 Å². The lowest BCUT2D eigenvalue weighted by atomic mass is 10.1. The van der Waals surface area contributed by atoms with Gasteiger partial charge in [-0.1, -0.05) is 29.8 Å². The fraction of sp³-hybridized carbons (Fsp3) is 0.278. The van der Waals surface area contributed by atoms with E-state index < -0.39 is 10.1 Å². The van der Waals surface area contributed by atoms with Gasteiger partial charge in [0.1, 0.15) is 5.75 Å². The molecule has 0 spiro atoms. The second-order valence-electron chi connectivity index (χ2n) is 5.97. The predicted molar refractivity (Wildman–Crippen MR) is 98.4 cm³/mol. The summed E-state index contributed by atoms with van der Waals surface area (Å²) >= 11 is 5.97. The molecule has 0 N–H and O–H groups in total. The zero-order valence-electron chi connectivity index (χ0n) is 14.3. The predicted octanol–water partition coefficient (Wildman–Crippen LogP) is 3.73. The van der Waals surface area contributed by atoms with Crippen LogP contribution >= 0.6 is 11.6 Å². The maximum absolute atomic E-state index is 12.8. The maximum atomic E-state index is 12.8. The van der Waals surface area contributed by atoms with Crippen LogP contribution < -0.4 is 4.18 Å². The summed E-state index contributed by atoms with van der Waals surface area (Å²) in [5.74, 6) is 0.0749. The quantitative estimate of drug-likeness (QED) is 0.715. The minimum Gasteiger partial charge on any atom is -0.383 e. The number of halogens is 1.